The van der Waals surface area contributed by atoms with Crippen molar-refractivity contribution in [3.8, 4) is 5.75 Å². The summed E-state index contributed by atoms with van der Waals surface area (Å²) in [5, 5.41) is 17.8. The average Bonchev–Trinajstić information content (AvgIpc) is 2.74. The van der Waals surface area contributed by atoms with Crippen LogP contribution in [0.3, 0.4) is 0 Å². The van der Waals surface area contributed by atoms with Crippen molar-refractivity contribution in [1.29, 1.82) is 0 Å². The molecule has 3 N–H and O–H groups in total. The highest BCUT2D eigenvalue weighted by Gasteiger charge is 2.43. The zero-order chi connectivity index (χ0) is 20.1. The summed E-state index contributed by atoms with van der Waals surface area (Å²) in [6.07, 6.45) is 4.05. The summed E-state index contributed by atoms with van der Waals surface area (Å²) in [5.41, 5.74) is 1.87. The van der Waals surface area contributed by atoms with Gasteiger partial charge in [0.1, 0.15) is 5.75 Å². The molecular formula is C21H21NO6. The molecule has 1 aliphatic carbocycles. The van der Waals surface area contributed by atoms with Crippen LogP contribution < -0.4 is 10.2 Å². The molecule has 0 bridgehead atoms. The van der Waals surface area contributed by atoms with Crippen LogP contribution in [0.4, 0.5) is 0 Å². The Morgan fingerprint density at radius 2 is 1.43 bits per heavy atom. The molecular weight excluding hydrogens is 362 g/mol. The van der Waals surface area contributed by atoms with E-state index in [1.165, 1.54) is 36.4 Å². The predicted molar refractivity (Wildman–Crippen MR) is 99.5 cm³/mol. The molecule has 0 spiro atoms. The first kappa shape index (κ1) is 19.6. The van der Waals surface area contributed by atoms with Crippen molar-refractivity contribution < 1.29 is 29.4 Å². The maximum atomic E-state index is 13.1. The third kappa shape index (κ3) is 3.89. The van der Waals surface area contributed by atoms with Crippen LogP contribution in [-0.4, -0.2) is 28.2 Å². The molecule has 0 unspecified atom stereocenters. The van der Waals surface area contributed by atoms with Gasteiger partial charge in [-0.15, -0.1) is 0 Å². The van der Waals surface area contributed by atoms with Gasteiger partial charge in [0.15, 0.2) is 0 Å². The SMILES string of the molecule is O=C(O)c1ccc(C2(C(=O)Oc3ccc(C(=O)NO)cc3)CCCCC2)cc1. The highest BCUT2D eigenvalue weighted by Crippen LogP contribution is 2.41. The Hall–Kier alpha value is -3.19. The van der Waals surface area contributed by atoms with Crippen LogP contribution in [-0.2, 0) is 10.2 Å². The lowest BCUT2D eigenvalue weighted by Crippen LogP contribution is -2.41. The number of esters is 1. The van der Waals surface area contributed by atoms with Crippen molar-refractivity contribution in [2.75, 3.05) is 0 Å². The minimum Gasteiger partial charge on any atom is -0.478 e. The fraction of sp³-hybridized carbons (Fsp3) is 0.286. The van der Waals surface area contributed by atoms with Gasteiger partial charge >= 0.3 is 11.9 Å². The number of carboxylic acid groups (broad SMARTS) is 1. The normalized spacial score (nSPS) is 15.5. The standard InChI is InChI=1S/C21H21NO6/c23-18(22-27)14-6-10-17(11-7-14)28-20(26)21(12-2-1-3-13-21)16-8-4-15(5-9-16)19(24)25/h4-11,27H,1-3,12-13H2,(H,22,23)(H,24,25). The van der Waals surface area contributed by atoms with Gasteiger partial charge in [-0.2, -0.15) is 0 Å². The van der Waals surface area contributed by atoms with Crippen molar-refractivity contribution >= 4 is 17.8 Å². The number of amides is 1. The molecule has 0 aliphatic heterocycles. The lowest BCUT2D eigenvalue weighted by Gasteiger charge is -2.35. The molecule has 0 atom stereocenters. The van der Waals surface area contributed by atoms with Crippen LogP contribution in [0.15, 0.2) is 48.5 Å². The highest BCUT2D eigenvalue weighted by molar-refractivity contribution is 5.93. The summed E-state index contributed by atoms with van der Waals surface area (Å²) < 4.78 is 5.61. The largest absolute Gasteiger partial charge is 0.478 e. The molecule has 1 amide bonds. The van der Waals surface area contributed by atoms with Gasteiger partial charge in [-0.3, -0.25) is 14.8 Å². The molecule has 2 aromatic carbocycles. The first-order chi connectivity index (χ1) is 13.5. The lowest BCUT2D eigenvalue weighted by molar-refractivity contribution is -0.142. The van der Waals surface area contributed by atoms with E-state index in [4.69, 9.17) is 15.1 Å². The molecule has 2 aromatic rings. The van der Waals surface area contributed by atoms with Gasteiger partial charge in [0, 0.05) is 5.56 Å². The summed E-state index contributed by atoms with van der Waals surface area (Å²) in [4.78, 5) is 35.6. The van der Waals surface area contributed by atoms with Crippen LogP contribution >= 0.6 is 0 Å². The van der Waals surface area contributed by atoms with E-state index < -0.39 is 23.3 Å². The average molecular weight is 383 g/mol. The summed E-state index contributed by atoms with van der Waals surface area (Å²) in [6, 6.07) is 12.3. The van der Waals surface area contributed by atoms with E-state index in [0.717, 1.165) is 24.8 Å². The number of aromatic carboxylic acids is 1. The second-order valence-corrected chi connectivity index (χ2v) is 6.88. The number of ether oxygens (including phenoxy) is 1. The minimum atomic E-state index is -1.01. The topological polar surface area (TPSA) is 113 Å². The zero-order valence-electron chi connectivity index (χ0n) is 15.2. The summed E-state index contributed by atoms with van der Waals surface area (Å²) in [7, 11) is 0. The van der Waals surface area contributed by atoms with Crippen molar-refractivity contribution in [2.45, 2.75) is 37.5 Å². The molecule has 28 heavy (non-hydrogen) atoms. The molecule has 0 aromatic heterocycles. The molecule has 3 rings (SSSR count). The maximum absolute atomic E-state index is 13.1. The second-order valence-electron chi connectivity index (χ2n) is 6.88. The Labute approximate surface area is 161 Å². The van der Waals surface area contributed by atoms with E-state index in [0.29, 0.717) is 18.6 Å². The molecule has 0 radical (unpaired) electrons. The third-order valence-corrected chi connectivity index (χ3v) is 5.21. The van der Waals surface area contributed by atoms with Gasteiger partial charge in [-0.05, 0) is 54.8 Å². The van der Waals surface area contributed by atoms with E-state index in [-0.39, 0.29) is 11.1 Å². The smallest absolute Gasteiger partial charge is 0.335 e. The number of nitrogens with one attached hydrogen (secondary N) is 1. The molecule has 0 saturated heterocycles. The fourth-order valence-electron chi connectivity index (χ4n) is 3.64. The Morgan fingerprint density at radius 3 is 1.96 bits per heavy atom. The fourth-order valence-corrected chi connectivity index (χ4v) is 3.64. The van der Waals surface area contributed by atoms with Crippen LogP contribution in [0.25, 0.3) is 0 Å². The van der Waals surface area contributed by atoms with Gasteiger partial charge in [-0.1, -0.05) is 31.4 Å². The molecule has 146 valence electrons. The first-order valence-corrected chi connectivity index (χ1v) is 9.07. The monoisotopic (exact) mass is 383 g/mol. The van der Waals surface area contributed by atoms with E-state index in [2.05, 4.69) is 0 Å². The van der Waals surface area contributed by atoms with Crippen molar-refractivity contribution in [2.24, 2.45) is 0 Å². The highest BCUT2D eigenvalue weighted by atomic mass is 16.5. The van der Waals surface area contributed by atoms with Crippen molar-refractivity contribution in [3.05, 3.63) is 65.2 Å². The summed E-state index contributed by atoms with van der Waals surface area (Å²) in [6.45, 7) is 0. The third-order valence-electron chi connectivity index (χ3n) is 5.21. The second kappa shape index (κ2) is 8.22. The molecule has 1 aliphatic rings. The summed E-state index contributed by atoms with van der Waals surface area (Å²) in [5.74, 6) is -1.76. The van der Waals surface area contributed by atoms with Gasteiger partial charge in [0.25, 0.3) is 5.91 Å². The first-order valence-electron chi connectivity index (χ1n) is 9.07. The lowest BCUT2D eigenvalue weighted by atomic mass is 9.69. The Morgan fingerprint density at radius 1 is 0.857 bits per heavy atom. The van der Waals surface area contributed by atoms with Crippen LogP contribution in [0.1, 0.15) is 58.4 Å². The molecule has 0 heterocycles. The van der Waals surface area contributed by atoms with Gasteiger partial charge in [-0.25, -0.2) is 10.3 Å². The van der Waals surface area contributed by atoms with Gasteiger partial charge in [0.05, 0.1) is 11.0 Å². The number of hydrogen-bond acceptors (Lipinski definition) is 5. The van der Waals surface area contributed by atoms with E-state index in [9.17, 15) is 14.4 Å². The predicted octanol–water partition coefficient (Wildman–Crippen LogP) is 3.31. The quantitative estimate of drug-likeness (QED) is 0.316. The molecule has 7 nitrogen and oxygen atoms in total. The molecule has 1 saturated carbocycles. The number of carboxylic acids is 1. The minimum absolute atomic E-state index is 0.167. The van der Waals surface area contributed by atoms with Crippen molar-refractivity contribution in [1.82, 2.24) is 5.48 Å². The molecule has 7 heteroatoms. The summed E-state index contributed by atoms with van der Waals surface area (Å²) >= 11 is 0. The number of carbonyl (C=O) groups is 3. The Bertz CT molecular complexity index is 867. The number of hydroxylamine groups is 1. The Kier molecular flexibility index (Phi) is 5.75. The van der Waals surface area contributed by atoms with Crippen LogP contribution in [0, 0.1) is 0 Å². The van der Waals surface area contributed by atoms with Crippen molar-refractivity contribution in [3.63, 3.8) is 0 Å². The molecule has 1 fully saturated rings. The number of rotatable bonds is 5. The number of carbonyl (C=O) groups excluding carboxylic acids is 2. The zero-order valence-corrected chi connectivity index (χ0v) is 15.2. The van der Waals surface area contributed by atoms with E-state index in [1.54, 1.807) is 17.6 Å². The number of benzene rings is 2. The van der Waals surface area contributed by atoms with E-state index >= 15 is 0 Å². The number of hydrogen-bond donors (Lipinski definition) is 3. The van der Waals surface area contributed by atoms with Gasteiger partial charge < -0.3 is 9.84 Å². The van der Waals surface area contributed by atoms with E-state index in [1.807, 2.05) is 0 Å². The maximum Gasteiger partial charge on any atom is 0.335 e. The van der Waals surface area contributed by atoms with Crippen LogP contribution in [0.5, 0.6) is 5.75 Å². The van der Waals surface area contributed by atoms with Crippen LogP contribution in [0.2, 0.25) is 0 Å². The van der Waals surface area contributed by atoms with Gasteiger partial charge in [0.2, 0.25) is 0 Å². The Balaban J connectivity index is 1.85.